The smallest absolute Gasteiger partial charge is 0.330 e. The second-order valence-corrected chi connectivity index (χ2v) is 4.23. The molecule has 0 aromatic rings. The lowest BCUT2D eigenvalue weighted by molar-refractivity contribution is -0.150. The van der Waals surface area contributed by atoms with Gasteiger partial charge in [-0.15, -0.1) is 11.6 Å². The zero-order valence-corrected chi connectivity index (χ0v) is 10.2. The van der Waals surface area contributed by atoms with Crippen molar-refractivity contribution in [2.45, 2.75) is 31.4 Å². The molecule has 2 unspecified atom stereocenters. The number of hydrogen-bond acceptors (Lipinski definition) is 4. The summed E-state index contributed by atoms with van der Waals surface area (Å²) < 4.78 is 5.03. The van der Waals surface area contributed by atoms with Crippen molar-refractivity contribution in [3.05, 3.63) is 12.2 Å². The van der Waals surface area contributed by atoms with E-state index in [9.17, 15) is 9.90 Å². The summed E-state index contributed by atoms with van der Waals surface area (Å²) in [6.45, 7) is 6.62. The maximum absolute atomic E-state index is 11.9. The van der Waals surface area contributed by atoms with Crippen molar-refractivity contribution < 1.29 is 14.6 Å². The SMILES string of the molecule is C=C1CCNC1(CC(O)CCl)C(=O)OCC. The van der Waals surface area contributed by atoms with Crippen LogP contribution in [0.5, 0.6) is 0 Å². The topological polar surface area (TPSA) is 58.6 Å². The fraction of sp³-hybridized carbons (Fsp3) is 0.727. The fourth-order valence-electron chi connectivity index (χ4n) is 1.94. The second-order valence-electron chi connectivity index (χ2n) is 3.92. The van der Waals surface area contributed by atoms with Crippen LogP contribution in [0.1, 0.15) is 19.8 Å². The van der Waals surface area contributed by atoms with E-state index < -0.39 is 11.6 Å². The van der Waals surface area contributed by atoms with Gasteiger partial charge in [0.15, 0.2) is 0 Å². The van der Waals surface area contributed by atoms with Crippen molar-refractivity contribution in [2.24, 2.45) is 0 Å². The number of rotatable bonds is 5. The van der Waals surface area contributed by atoms with Gasteiger partial charge < -0.3 is 9.84 Å². The molecular weight excluding hydrogens is 230 g/mol. The van der Waals surface area contributed by atoms with Crippen LogP contribution in [-0.4, -0.2) is 41.8 Å². The van der Waals surface area contributed by atoms with E-state index >= 15 is 0 Å². The van der Waals surface area contributed by atoms with Crippen molar-refractivity contribution in [1.29, 1.82) is 0 Å². The molecule has 1 saturated heterocycles. The van der Waals surface area contributed by atoms with Gasteiger partial charge in [0, 0.05) is 18.8 Å². The van der Waals surface area contributed by atoms with E-state index in [2.05, 4.69) is 11.9 Å². The summed E-state index contributed by atoms with van der Waals surface area (Å²) in [6.07, 6.45) is 0.190. The number of alkyl halides is 1. The summed E-state index contributed by atoms with van der Waals surface area (Å²) in [5.41, 5.74) is -0.195. The summed E-state index contributed by atoms with van der Waals surface area (Å²) >= 11 is 5.56. The molecular formula is C11H18ClNO3. The van der Waals surface area contributed by atoms with Crippen LogP contribution in [0.3, 0.4) is 0 Å². The van der Waals surface area contributed by atoms with Crippen molar-refractivity contribution in [3.8, 4) is 0 Å². The Hall–Kier alpha value is -0.580. The largest absolute Gasteiger partial charge is 0.464 e. The van der Waals surface area contributed by atoms with Gasteiger partial charge in [-0.05, 0) is 18.9 Å². The lowest BCUT2D eigenvalue weighted by atomic mass is 9.87. The monoisotopic (exact) mass is 247 g/mol. The quantitative estimate of drug-likeness (QED) is 0.429. The molecule has 0 bridgehead atoms. The number of aliphatic hydroxyl groups excluding tert-OH is 1. The molecule has 0 saturated carbocycles. The van der Waals surface area contributed by atoms with Crippen molar-refractivity contribution in [3.63, 3.8) is 0 Å². The Kier molecular flexibility index (Phi) is 4.77. The highest BCUT2D eigenvalue weighted by molar-refractivity contribution is 6.18. The molecule has 0 aromatic heterocycles. The third-order valence-corrected chi connectivity index (χ3v) is 3.16. The van der Waals surface area contributed by atoms with Gasteiger partial charge in [0.1, 0.15) is 5.54 Å². The van der Waals surface area contributed by atoms with Gasteiger partial charge in [-0.1, -0.05) is 6.58 Å². The Balaban J connectivity index is 2.84. The minimum absolute atomic E-state index is 0.0934. The number of hydrogen-bond donors (Lipinski definition) is 2. The molecule has 2 N–H and O–H groups in total. The highest BCUT2D eigenvalue weighted by atomic mass is 35.5. The van der Waals surface area contributed by atoms with E-state index in [0.717, 1.165) is 5.57 Å². The molecule has 0 radical (unpaired) electrons. The molecule has 0 spiro atoms. The first-order valence-electron chi connectivity index (χ1n) is 5.41. The molecule has 4 nitrogen and oxygen atoms in total. The van der Waals surface area contributed by atoms with E-state index in [0.29, 0.717) is 19.6 Å². The minimum Gasteiger partial charge on any atom is -0.464 e. The van der Waals surface area contributed by atoms with Gasteiger partial charge in [0.25, 0.3) is 0 Å². The maximum atomic E-state index is 11.9. The van der Waals surface area contributed by atoms with Gasteiger partial charge in [-0.2, -0.15) is 0 Å². The molecule has 0 aliphatic carbocycles. The average molecular weight is 248 g/mol. The normalized spacial score (nSPS) is 26.8. The van der Waals surface area contributed by atoms with E-state index in [1.54, 1.807) is 6.92 Å². The summed E-state index contributed by atoms with van der Waals surface area (Å²) in [7, 11) is 0. The van der Waals surface area contributed by atoms with Crippen LogP contribution in [0.2, 0.25) is 0 Å². The highest BCUT2D eigenvalue weighted by Crippen LogP contribution is 2.30. The number of nitrogens with one attached hydrogen (secondary N) is 1. The molecule has 16 heavy (non-hydrogen) atoms. The molecule has 1 aliphatic heterocycles. The van der Waals surface area contributed by atoms with Crippen LogP contribution < -0.4 is 5.32 Å². The number of aliphatic hydroxyl groups is 1. The lowest BCUT2D eigenvalue weighted by Crippen LogP contribution is -2.52. The van der Waals surface area contributed by atoms with Crippen LogP contribution in [0.15, 0.2) is 12.2 Å². The van der Waals surface area contributed by atoms with Crippen molar-refractivity contribution in [2.75, 3.05) is 19.0 Å². The van der Waals surface area contributed by atoms with E-state index in [1.165, 1.54) is 0 Å². The number of esters is 1. The standard InChI is InChI=1S/C11H18ClNO3/c1-3-16-10(15)11(6-9(14)7-12)8(2)4-5-13-11/h9,13-14H,2-7H2,1H3. The molecule has 5 heteroatoms. The first-order valence-corrected chi connectivity index (χ1v) is 5.94. The number of carbonyl (C=O) groups is 1. The average Bonchev–Trinajstić information content (AvgIpc) is 2.61. The zero-order chi connectivity index (χ0) is 12.2. The summed E-state index contributed by atoms with van der Waals surface area (Å²) in [5.74, 6) is -0.280. The minimum atomic E-state index is -0.954. The molecule has 1 aliphatic rings. The molecule has 92 valence electrons. The van der Waals surface area contributed by atoms with Crippen LogP contribution >= 0.6 is 11.6 Å². The lowest BCUT2D eigenvalue weighted by Gasteiger charge is -2.29. The molecule has 1 rings (SSSR count). The van der Waals surface area contributed by atoms with Gasteiger partial charge in [0.05, 0.1) is 12.7 Å². The maximum Gasteiger partial charge on any atom is 0.330 e. The van der Waals surface area contributed by atoms with Crippen molar-refractivity contribution in [1.82, 2.24) is 5.32 Å². The van der Waals surface area contributed by atoms with Crippen LogP contribution in [0.4, 0.5) is 0 Å². The molecule has 0 amide bonds. The predicted molar refractivity (Wildman–Crippen MR) is 62.5 cm³/mol. The number of ether oxygens (including phenoxy) is 1. The highest BCUT2D eigenvalue weighted by Gasteiger charge is 2.46. The van der Waals surface area contributed by atoms with E-state index in [1.807, 2.05) is 0 Å². The zero-order valence-electron chi connectivity index (χ0n) is 9.46. The Bertz CT molecular complexity index is 282. The Morgan fingerprint density at radius 3 is 2.94 bits per heavy atom. The first kappa shape index (κ1) is 13.5. The Labute approximate surface area is 101 Å². The first-order chi connectivity index (χ1) is 7.56. The predicted octanol–water partition coefficient (Wildman–Crippen LogP) is 0.828. The van der Waals surface area contributed by atoms with E-state index in [4.69, 9.17) is 16.3 Å². The summed E-state index contributed by atoms with van der Waals surface area (Å²) in [6, 6.07) is 0. The van der Waals surface area contributed by atoms with Crippen LogP contribution in [0.25, 0.3) is 0 Å². The van der Waals surface area contributed by atoms with Crippen molar-refractivity contribution >= 4 is 17.6 Å². The van der Waals surface area contributed by atoms with Gasteiger partial charge >= 0.3 is 5.97 Å². The number of carbonyl (C=O) groups excluding carboxylic acids is 1. The third-order valence-electron chi connectivity index (χ3n) is 2.80. The second kappa shape index (κ2) is 5.66. The third kappa shape index (κ3) is 2.56. The molecule has 1 fully saturated rings. The summed E-state index contributed by atoms with van der Waals surface area (Å²) in [4.78, 5) is 11.9. The Morgan fingerprint density at radius 2 is 2.50 bits per heavy atom. The van der Waals surface area contributed by atoms with Gasteiger partial charge in [-0.3, -0.25) is 5.32 Å². The van der Waals surface area contributed by atoms with Gasteiger partial charge in [0.2, 0.25) is 0 Å². The van der Waals surface area contributed by atoms with Gasteiger partial charge in [-0.25, -0.2) is 4.79 Å². The number of halogens is 1. The molecule has 1 heterocycles. The summed E-state index contributed by atoms with van der Waals surface area (Å²) in [5, 5.41) is 12.7. The van der Waals surface area contributed by atoms with Crippen LogP contribution in [0, 0.1) is 0 Å². The van der Waals surface area contributed by atoms with Crippen LogP contribution in [-0.2, 0) is 9.53 Å². The molecule has 0 aromatic carbocycles. The fourth-order valence-corrected chi connectivity index (χ4v) is 2.05. The Morgan fingerprint density at radius 1 is 1.81 bits per heavy atom. The molecule has 2 atom stereocenters. The van der Waals surface area contributed by atoms with E-state index in [-0.39, 0.29) is 18.3 Å².